The molecule has 0 spiro atoms. The SMILES string of the molecule is CC(c1ccccc1)C(O)(CC(F)(F)C(F)(F)C(F)(F)C(F)(F)C(F)(F)C(F)(F)F)c1cccc(N(C)C)c1. The Morgan fingerprint density at radius 3 is 1.62 bits per heavy atom. The minimum Gasteiger partial charge on any atom is -0.384 e. The van der Waals surface area contributed by atoms with Gasteiger partial charge in [0, 0.05) is 25.7 Å². The second kappa shape index (κ2) is 10.0. The molecule has 1 N–H and O–H groups in total. The molecule has 0 saturated heterocycles. The Balaban J connectivity index is 2.72. The lowest BCUT2D eigenvalue weighted by atomic mass is 9.73. The van der Waals surface area contributed by atoms with E-state index in [1.54, 1.807) is 0 Å². The second-order valence-electron chi connectivity index (χ2n) is 9.18. The van der Waals surface area contributed by atoms with E-state index in [2.05, 4.69) is 0 Å². The molecule has 0 aliphatic carbocycles. The van der Waals surface area contributed by atoms with Crippen LogP contribution in [0.25, 0.3) is 0 Å². The van der Waals surface area contributed by atoms with Gasteiger partial charge < -0.3 is 10.0 Å². The van der Waals surface area contributed by atoms with Crippen LogP contribution in [0.4, 0.5) is 62.8 Å². The first-order chi connectivity index (χ1) is 17.4. The topological polar surface area (TPSA) is 23.5 Å². The van der Waals surface area contributed by atoms with Gasteiger partial charge in [-0.1, -0.05) is 49.4 Å². The van der Waals surface area contributed by atoms with Gasteiger partial charge in [0.2, 0.25) is 0 Å². The lowest BCUT2D eigenvalue weighted by Gasteiger charge is -2.43. The van der Waals surface area contributed by atoms with Gasteiger partial charge in [0.15, 0.2) is 0 Å². The van der Waals surface area contributed by atoms with Crippen LogP contribution in [0.3, 0.4) is 0 Å². The molecule has 2 nitrogen and oxygen atoms in total. The van der Waals surface area contributed by atoms with Gasteiger partial charge in [-0.2, -0.15) is 57.1 Å². The number of alkyl halides is 13. The first-order valence-electron chi connectivity index (χ1n) is 10.9. The number of hydrogen-bond acceptors (Lipinski definition) is 2. The monoisotopic (exact) mass is 587 g/mol. The van der Waals surface area contributed by atoms with Crippen molar-refractivity contribution in [3.8, 4) is 0 Å². The van der Waals surface area contributed by atoms with E-state index in [4.69, 9.17) is 0 Å². The van der Waals surface area contributed by atoms with Crippen LogP contribution in [-0.4, -0.2) is 55.0 Å². The van der Waals surface area contributed by atoms with Crippen molar-refractivity contribution in [1.29, 1.82) is 0 Å². The molecule has 2 atom stereocenters. The van der Waals surface area contributed by atoms with E-state index in [0.29, 0.717) is 0 Å². The molecule has 0 radical (unpaired) electrons. The van der Waals surface area contributed by atoms with Gasteiger partial charge >= 0.3 is 35.8 Å². The van der Waals surface area contributed by atoms with Crippen molar-refractivity contribution >= 4 is 5.69 Å². The number of nitrogens with zero attached hydrogens (tertiary/aromatic N) is 1. The van der Waals surface area contributed by atoms with Crippen LogP contribution in [0.2, 0.25) is 0 Å². The summed E-state index contributed by atoms with van der Waals surface area (Å²) in [6, 6.07) is 11.0. The maximum Gasteiger partial charge on any atom is 0.460 e. The average molecular weight is 587 g/mol. The smallest absolute Gasteiger partial charge is 0.384 e. The maximum atomic E-state index is 15.0. The molecule has 2 aromatic carbocycles. The Bertz CT molecular complexity index is 1130. The van der Waals surface area contributed by atoms with Gasteiger partial charge in [-0.3, -0.25) is 0 Å². The van der Waals surface area contributed by atoms with Crippen molar-refractivity contribution in [3.05, 3.63) is 65.7 Å². The molecule has 0 saturated carbocycles. The zero-order valence-corrected chi connectivity index (χ0v) is 20.3. The summed E-state index contributed by atoms with van der Waals surface area (Å²) in [7, 11) is 2.90. The van der Waals surface area contributed by atoms with Crippen molar-refractivity contribution in [2.75, 3.05) is 19.0 Å². The first-order valence-corrected chi connectivity index (χ1v) is 10.9. The minimum absolute atomic E-state index is 0.0185. The molecular weight excluding hydrogens is 565 g/mol. The van der Waals surface area contributed by atoms with Crippen LogP contribution in [0.1, 0.15) is 30.4 Å². The fraction of sp³-hybridized carbons (Fsp3) is 0.500. The molecule has 220 valence electrons. The van der Waals surface area contributed by atoms with Gasteiger partial charge in [0.25, 0.3) is 0 Å². The van der Waals surface area contributed by atoms with Crippen LogP contribution >= 0.6 is 0 Å². The molecule has 2 rings (SSSR count). The van der Waals surface area contributed by atoms with E-state index in [1.165, 1.54) is 55.4 Å². The standard InChI is InChI=1S/C24H22F13NO/c1-14(15-8-5-4-6-9-15)18(39,16-10-7-11-17(12-16)38(2)3)13-19(25,26)20(27,28)21(29,30)22(31,32)23(33,34)24(35,36)37/h4-12,14,39H,13H2,1-3H3. The quantitative estimate of drug-likeness (QED) is 0.286. The van der Waals surface area contributed by atoms with Gasteiger partial charge in [0.05, 0.1) is 6.42 Å². The highest BCUT2D eigenvalue weighted by Crippen LogP contribution is 2.62. The molecule has 0 fully saturated rings. The third-order valence-corrected chi connectivity index (χ3v) is 6.37. The van der Waals surface area contributed by atoms with E-state index >= 15 is 0 Å². The molecule has 0 aliphatic rings. The molecule has 2 aromatic rings. The summed E-state index contributed by atoms with van der Waals surface area (Å²) in [5.41, 5.74) is -3.69. The summed E-state index contributed by atoms with van der Waals surface area (Å²) < 4.78 is 178. The zero-order chi connectivity index (χ0) is 30.5. The predicted molar refractivity (Wildman–Crippen MR) is 115 cm³/mol. The van der Waals surface area contributed by atoms with Crippen molar-refractivity contribution < 1.29 is 62.2 Å². The molecule has 0 aromatic heterocycles. The lowest BCUT2D eigenvalue weighted by molar-refractivity contribution is -0.441. The van der Waals surface area contributed by atoms with Gasteiger partial charge in [-0.25, -0.2) is 0 Å². The van der Waals surface area contributed by atoms with Crippen molar-refractivity contribution in [3.63, 3.8) is 0 Å². The zero-order valence-electron chi connectivity index (χ0n) is 20.3. The number of hydrogen-bond donors (Lipinski definition) is 1. The third-order valence-electron chi connectivity index (χ3n) is 6.37. The van der Waals surface area contributed by atoms with Crippen LogP contribution in [0.5, 0.6) is 0 Å². The predicted octanol–water partition coefficient (Wildman–Crippen LogP) is 7.87. The van der Waals surface area contributed by atoms with Gasteiger partial charge in [-0.15, -0.1) is 0 Å². The molecule has 39 heavy (non-hydrogen) atoms. The molecule has 0 bridgehead atoms. The summed E-state index contributed by atoms with van der Waals surface area (Å²) in [5, 5.41) is 11.4. The van der Waals surface area contributed by atoms with E-state index in [0.717, 1.165) is 25.1 Å². The molecular formula is C24H22F13NO. The first kappa shape index (κ1) is 32.5. The summed E-state index contributed by atoms with van der Waals surface area (Å²) in [4.78, 5) is 1.37. The van der Waals surface area contributed by atoms with E-state index in [1.807, 2.05) is 0 Å². The molecule has 0 heterocycles. The summed E-state index contributed by atoms with van der Waals surface area (Å²) in [5.74, 6) is -39.4. The van der Waals surface area contributed by atoms with E-state index < -0.39 is 59.3 Å². The van der Waals surface area contributed by atoms with Crippen molar-refractivity contribution in [2.45, 2.75) is 60.7 Å². The lowest BCUT2D eigenvalue weighted by Crippen LogP contribution is -2.70. The Morgan fingerprint density at radius 1 is 0.667 bits per heavy atom. The fourth-order valence-electron chi connectivity index (χ4n) is 3.83. The van der Waals surface area contributed by atoms with Crippen LogP contribution in [-0.2, 0) is 5.60 Å². The van der Waals surface area contributed by atoms with Crippen LogP contribution in [0.15, 0.2) is 54.6 Å². The second-order valence-corrected chi connectivity index (χ2v) is 9.18. The largest absolute Gasteiger partial charge is 0.460 e. The average Bonchev–Trinajstić information content (AvgIpc) is 2.82. The molecule has 2 unspecified atom stereocenters. The number of rotatable bonds is 10. The molecule has 0 aliphatic heterocycles. The van der Waals surface area contributed by atoms with Crippen molar-refractivity contribution in [1.82, 2.24) is 0 Å². The normalized spacial score (nSPS) is 16.5. The highest BCUT2D eigenvalue weighted by atomic mass is 19.4. The molecule has 0 amide bonds. The molecule has 15 heteroatoms. The van der Waals surface area contributed by atoms with Crippen LogP contribution in [0, 0.1) is 0 Å². The third kappa shape index (κ3) is 5.25. The summed E-state index contributed by atoms with van der Waals surface area (Å²) >= 11 is 0. The van der Waals surface area contributed by atoms with E-state index in [-0.39, 0.29) is 11.3 Å². The van der Waals surface area contributed by atoms with E-state index in [9.17, 15) is 62.2 Å². The Morgan fingerprint density at radius 2 is 1.15 bits per heavy atom. The van der Waals surface area contributed by atoms with Crippen molar-refractivity contribution in [2.24, 2.45) is 0 Å². The van der Waals surface area contributed by atoms with Crippen LogP contribution < -0.4 is 4.90 Å². The minimum atomic E-state index is -8.01. The highest BCUT2D eigenvalue weighted by Gasteiger charge is 2.90. The Labute approximate surface area is 214 Å². The summed E-state index contributed by atoms with van der Waals surface area (Å²) in [6.07, 6.45) is -10.3. The fourth-order valence-corrected chi connectivity index (χ4v) is 3.83. The number of anilines is 1. The highest BCUT2D eigenvalue weighted by molar-refractivity contribution is 5.49. The maximum absolute atomic E-state index is 15.0. The number of benzene rings is 2. The summed E-state index contributed by atoms with van der Waals surface area (Å²) in [6.45, 7) is 1.01. The Hall–Kier alpha value is -2.71. The van der Waals surface area contributed by atoms with Gasteiger partial charge in [0.1, 0.15) is 5.60 Å². The number of aliphatic hydroxyl groups is 1. The van der Waals surface area contributed by atoms with Gasteiger partial charge in [-0.05, 0) is 23.3 Å². The Kier molecular flexibility index (Phi) is 8.37. The number of halogens is 13.